The summed E-state index contributed by atoms with van der Waals surface area (Å²) in [5, 5.41) is 0. The highest BCUT2D eigenvalue weighted by Crippen LogP contribution is 2.42. The Labute approximate surface area is 127 Å². The number of aromatic nitrogens is 2. The van der Waals surface area contributed by atoms with Gasteiger partial charge in [0, 0.05) is 11.3 Å². The molecule has 3 rings (SSSR count). The third-order valence-corrected chi connectivity index (χ3v) is 5.95. The molecule has 0 N–H and O–H groups in total. The van der Waals surface area contributed by atoms with E-state index in [0.29, 0.717) is 5.88 Å². The second kappa shape index (κ2) is 5.57. The molecule has 108 valence electrons. The molecular weight excluding hydrogens is 295 g/mol. The van der Waals surface area contributed by atoms with Crippen molar-refractivity contribution in [1.29, 1.82) is 0 Å². The van der Waals surface area contributed by atoms with Crippen molar-refractivity contribution in [2.75, 3.05) is 6.26 Å². The number of rotatable bonds is 4. The number of fused-ring (bicyclic) bond motifs is 1. The van der Waals surface area contributed by atoms with E-state index in [-0.39, 0.29) is 10.6 Å². The smallest absolute Gasteiger partial charge is 0.125 e. The van der Waals surface area contributed by atoms with Crippen molar-refractivity contribution in [3.05, 3.63) is 29.8 Å². The van der Waals surface area contributed by atoms with Gasteiger partial charge in [-0.3, -0.25) is 0 Å². The zero-order valence-electron chi connectivity index (χ0n) is 11.5. The van der Waals surface area contributed by atoms with Gasteiger partial charge in [-0.05, 0) is 37.3 Å². The molecule has 0 radical (unpaired) electrons. The van der Waals surface area contributed by atoms with Crippen LogP contribution in [0.3, 0.4) is 0 Å². The van der Waals surface area contributed by atoms with Crippen LogP contribution in [0, 0.1) is 5.82 Å². The monoisotopic (exact) mass is 312 g/mol. The zero-order valence-corrected chi connectivity index (χ0v) is 13.1. The van der Waals surface area contributed by atoms with Gasteiger partial charge >= 0.3 is 0 Å². The topological polar surface area (TPSA) is 17.8 Å². The number of alkyl halides is 1. The number of hydrogen-bond acceptors (Lipinski definition) is 2. The molecule has 5 heteroatoms. The molecule has 1 aliphatic rings. The first-order valence-corrected chi connectivity index (χ1v) is 8.69. The SMILES string of the molecule is CSC1(Cn2c(CCl)nc3ccc(F)cc32)CCCC1. The minimum atomic E-state index is -0.218. The minimum absolute atomic E-state index is 0.218. The van der Waals surface area contributed by atoms with Gasteiger partial charge in [-0.2, -0.15) is 11.8 Å². The highest BCUT2D eigenvalue weighted by atomic mass is 35.5. The Bertz CT molecular complexity index is 620. The molecule has 0 spiro atoms. The first-order chi connectivity index (χ1) is 9.67. The van der Waals surface area contributed by atoms with Gasteiger partial charge in [0.15, 0.2) is 0 Å². The van der Waals surface area contributed by atoms with Gasteiger partial charge in [0.05, 0.1) is 16.9 Å². The average molecular weight is 313 g/mol. The lowest BCUT2D eigenvalue weighted by molar-refractivity contribution is 0.504. The predicted octanol–water partition coefficient (Wildman–Crippen LogP) is 4.59. The largest absolute Gasteiger partial charge is 0.325 e. The first-order valence-electron chi connectivity index (χ1n) is 6.93. The Morgan fingerprint density at radius 1 is 1.40 bits per heavy atom. The summed E-state index contributed by atoms with van der Waals surface area (Å²) in [5.41, 5.74) is 1.69. The van der Waals surface area contributed by atoms with E-state index >= 15 is 0 Å². The molecule has 1 aliphatic carbocycles. The molecule has 2 nitrogen and oxygen atoms in total. The predicted molar refractivity (Wildman–Crippen MR) is 84.0 cm³/mol. The van der Waals surface area contributed by atoms with Gasteiger partial charge in [-0.25, -0.2) is 9.37 Å². The second-order valence-corrected chi connectivity index (χ2v) is 7.02. The molecule has 0 unspecified atom stereocenters. The summed E-state index contributed by atoms with van der Waals surface area (Å²) in [4.78, 5) is 4.53. The molecule has 0 aliphatic heterocycles. The summed E-state index contributed by atoms with van der Waals surface area (Å²) in [6.45, 7) is 0.871. The molecule has 20 heavy (non-hydrogen) atoms. The fourth-order valence-electron chi connectivity index (χ4n) is 3.16. The standard InChI is InChI=1S/C15H18ClFN2S/c1-20-15(6-2-3-7-15)10-19-13-8-11(17)4-5-12(13)18-14(19)9-16/h4-5,8H,2-3,6-7,9-10H2,1H3. The lowest BCUT2D eigenvalue weighted by atomic mass is 10.1. The minimum Gasteiger partial charge on any atom is -0.325 e. The Hall–Kier alpha value is -0.740. The number of imidazole rings is 1. The van der Waals surface area contributed by atoms with Crippen LogP contribution in [0.1, 0.15) is 31.5 Å². The third-order valence-electron chi connectivity index (χ3n) is 4.30. The van der Waals surface area contributed by atoms with Crippen LogP contribution >= 0.6 is 23.4 Å². The molecule has 1 fully saturated rings. The second-order valence-electron chi connectivity index (χ2n) is 5.48. The van der Waals surface area contributed by atoms with Crippen LogP contribution < -0.4 is 0 Å². The summed E-state index contributed by atoms with van der Waals surface area (Å²) >= 11 is 7.96. The Balaban J connectivity index is 2.06. The maximum absolute atomic E-state index is 13.5. The van der Waals surface area contributed by atoms with E-state index in [9.17, 15) is 4.39 Å². The van der Waals surface area contributed by atoms with E-state index in [1.165, 1.54) is 31.7 Å². The van der Waals surface area contributed by atoms with Gasteiger partial charge in [-0.15, -0.1) is 11.6 Å². The van der Waals surface area contributed by atoms with E-state index in [2.05, 4.69) is 15.8 Å². The highest BCUT2D eigenvalue weighted by molar-refractivity contribution is 8.00. The number of thioether (sulfide) groups is 1. The lowest BCUT2D eigenvalue weighted by Gasteiger charge is -2.28. The molecule has 0 amide bonds. The van der Waals surface area contributed by atoms with Crippen molar-refractivity contribution >= 4 is 34.4 Å². The maximum atomic E-state index is 13.5. The fourth-order valence-corrected chi connectivity index (χ4v) is 4.32. The summed E-state index contributed by atoms with van der Waals surface area (Å²) in [6, 6.07) is 4.76. The van der Waals surface area contributed by atoms with Crippen LogP contribution in [0.2, 0.25) is 0 Å². The van der Waals surface area contributed by atoms with Crippen LogP contribution in [-0.4, -0.2) is 20.6 Å². The normalized spacial score (nSPS) is 17.9. The first kappa shape index (κ1) is 14.2. The molecule has 1 saturated carbocycles. The summed E-state index contributed by atoms with van der Waals surface area (Å²) in [7, 11) is 0. The fraction of sp³-hybridized carbons (Fsp3) is 0.533. The summed E-state index contributed by atoms with van der Waals surface area (Å²) < 4.78 is 15.9. The molecule has 1 heterocycles. The zero-order chi connectivity index (χ0) is 14.2. The number of nitrogens with zero attached hydrogens (tertiary/aromatic N) is 2. The van der Waals surface area contributed by atoms with Crippen LogP contribution in [0.4, 0.5) is 4.39 Å². The van der Waals surface area contributed by atoms with Crippen molar-refractivity contribution in [1.82, 2.24) is 9.55 Å². The summed E-state index contributed by atoms with van der Waals surface area (Å²) in [6.07, 6.45) is 7.15. The molecule has 1 aromatic carbocycles. The van der Waals surface area contributed by atoms with Crippen molar-refractivity contribution in [2.24, 2.45) is 0 Å². The van der Waals surface area contributed by atoms with Gasteiger partial charge in [-0.1, -0.05) is 12.8 Å². The quantitative estimate of drug-likeness (QED) is 0.768. The van der Waals surface area contributed by atoms with Crippen LogP contribution in [0.15, 0.2) is 18.2 Å². The number of halogens is 2. The van der Waals surface area contributed by atoms with Crippen molar-refractivity contribution < 1.29 is 4.39 Å². The van der Waals surface area contributed by atoms with Gasteiger partial charge in [0.2, 0.25) is 0 Å². The van der Waals surface area contributed by atoms with Crippen molar-refractivity contribution in [3.63, 3.8) is 0 Å². The summed E-state index contributed by atoms with van der Waals surface area (Å²) in [5.74, 6) is 0.984. The van der Waals surface area contributed by atoms with E-state index in [0.717, 1.165) is 23.4 Å². The van der Waals surface area contributed by atoms with Crippen LogP contribution in [0.5, 0.6) is 0 Å². The third kappa shape index (κ3) is 2.44. The molecule has 0 atom stereocenters. The van der Waals surface area contributed by atoms with E-state index in [1.54, 1.807) is 12.1 Å². The Morgan fingerprint density at radius 3 is 2.80 bits per heavy atom. The van der Waals surface area contributed by atoms with Crippen molar-refractivity contribution in [2.45, 2.75) is 42.9 Å². The molecular formula is C15H18ClFN2S. The Kier molecular flexibility index (Phi) is 3.95. The number of hydrogen-bond donors (Lipinski definition) is 0. The van der Waals surface area contributed by atoms with E-state index < -0.39 is 0 Å². The van der Waals surface area contributed by atoms with E-state index in [4.69, 9.17) is 11.6 Å². The molecule has 1 aromatic heterocycles. The molecule has 0 bridgehead atoms. The van der Waals surface area contributed by atoms with Gasteiger partial charge in [0.25, 0.3) is 0 Å². The van der Waals surface area contributed by atoms with Crippen LogP contribution in [-0.2, 0) is 12.4 Å². The van der Waals surface area contributed by atoms with Gasteiger partial charge in [0.1, 0.15) is 11.6 Å². The van der Waals surface area contributed by atoms with Gasteiger partial charge < -0.3 is 4.57 Å². The van der Waals surface area contributed by atoms with E-state index in [1.807, 2.05) is 11.8 Å². The average Bonchev–Trinajstić information content (AvgIpc) is 3.05. The number of benzene rings is 1. The molecule has 0 saturated heterocycles. The Morgan fingerprint density at radius 2 is 2.15 bits per heavy atom. The van der Waals surface area contributed by atoms with Crippen LogP contribution in [0.25, 0.3) is 11.0 Å². The maximum Gasteiger partial charge on any atom is 0.125 e. The van der Waals surface area contributed by atoms with Crippen molar-refractivity contribution in [3.8, 4) is 0 Å². The lowest BCUT2D eigenvalue weighted by Crippen LogP contribution is -2.27. The highest BCUT2D eigenvalue weighted by Gasteiger charge is 2.34. The molecule has 2 aromatic rings.